The van der Waals surface area contributed by atoms with Crippen molar-refractivity contribution in [1.82, 2.24) is 14.7 Å². The summed E-state index contributed by atoms with van der Waals surface area (Å²) >= 11 is 1.37. The van der Waals surface area contributed by atoms with Crippen LogP contribution >= 0.6 is 11.3 Å². The Morgan fingerprint density at radius 3 is 2.76 bits per heavy atom. The van der Waals surface area contributed by atoms with Crippen molar-refractivity contribution in [1.29, 1.82) is 0 Å². The molecule has 0 radical (unpaired) electrons. The third kappa shape index (κ3) is 5.14. The van der Waals surface area contributed by atoms with Gasteiger partial charge in [0.05, 0.1) is 35.3 Å². The van der Waals surface area contributed by atoms with E-state index in [1.165, 1.54) is 23.5 Å². The van der Waals surface area contributed by atoms with Gasteiger partial charge in [-0.25, -0.2) is 9.24 Å². The van der Waals surface area contributed by atoms with Crippen LogP contribution in [0.2, 0.25) is 0 Å². The first-order valence-electron chi connectivity index (χ1n) is 12.2. The molecular weight excluding hydrogens is 489 g/mol. The van der Waals surface area contributed by atoms with Crippen LogP contribution < -0.4 is 5.73 Å². The second-order valence-corrected chi connectivity index (χ2v) is 11.2. The SMILES string of the molecule is [C-]#[N+]c1ccc(-c2cc(C(=O)N3CCC[C@@H](N)C3)sc2-c2ccc3c(cnn3CC(C)(C)O)c2)cc1F. The summed E-state index contributed by atoms with van der Waals surface area (Å²) in [5.74, 6) is -0.673. The van der Waals surface area contributed by atoms with E-state index in [2.05, 4.69) is 9.94 Å². The number of nitrogens with two attached hydrogens (primary N) is 1. The quantitative estimate of drug-likeness (QED) is 0.344. The molecule has 1 aliphatic heterocycles. The number of carbonyl (C=O) groups excluding carboxylic acids is 1. The van der Waals surface area contributed by atoms with Gasteiger partial charge in [-0.05, 0) is 62.1 Å². The maximum Gasteiger partial charge on any atom is 0.264 e. The predicted molar refractivity (Wildman–Crippen MR) is 144 cm³/mol. The Labute approximate surface area is 218 Å². The van der Waals surface area contributed by atoms with Crippen LogP contribution in [0.15, 0.2) is 48.7 Å². The fraction of sp³-hybridized carbons (Fsp3) is 0.321. The van der Waals surface area contributed by atoms with Crippen molar-refractivity contribution in [2.45, 2.75) is 44.9 Å². The second-order valence-electron chi connectivity index (χ2n) is 10.2. The summed E-state index contributed by atoms with van der Waals surface area (Å²) in [5.41, 5.74) is 8.25. The standard InChI is InChI=1S/C28H28FN5O2S/c1-28(2,36)16-34-24-9-7-18(11-19(24)14-32-34)26-21(17-6-8-23(31-3)22(29)12-17)13-25(37-26)27(35)33-10-4-5-20(30)15-33/h6-9,11-14,20,36H,4-5,10,15-16,30H2,1-2H3/t20-/m1/s1. The van der Waals surface area contributed by atoms with E-state index < -0.39 is 11.4 Å². The minimum absolute atomic E-state index is 0.0327. The number of thiophene rings is 1. The molecule has 3 N–H and O–H groups in total. The molecule has 0 saturated carbocycles. The maximum atomic E-state index is 14.6. The largest absolute Gasteiger partial charge is 0.389 e. The number of halogens is 1. The van der Waals surface area contributed by atoms with Crippen LogP contribution in [0.4, 0.5) is 10.1 Å². The van der Waals surface area contributed by atoms with E-state index in [-0.39, 0.29) is 17.6 Å². The Kier molecular flexibility index (Phi) is 6.58. The number of nitrogens with zero attached hydrogens (tertiary/aromatic N) is 4. The summed E-state index contributed by atoms with van der Waals surface area (Å²) in [5, 5.41) is 15.6. The van der Waals surface area contributed by atoms with Crippen LogP contribution in [0.25, 0.3) is 37.3 Å². The molecule has 2 aromatic carbocycles. The van der Waals surface area contributed by atoms with Gasteiger partial charge in [-0.3, -0.25) is 9.48 Å². The van der Waals surface area contributed by atoms with E-state index in [1.807, 2.05) is 24.3 Å². The van der Waals surface area contributed by atoms with Crippen molar-refractivity contribution in [3.63, 3.8) is 0 Å². The van der Waals surface area contributed by atoms with Gasteiger partial charge >= 0.3 is 0 Å². The monoisotopic (exact) mass is 517 g/mol. The Hall–Kier alpha value is -3.58. The minimum Gasteiger partial charge on any atom is -0.389 e. The highest BCUT2D eigenvalue weighted by atomic mass is 32.1. The number of aliphatic hydroxyl groups is 1. The Bertz CT molecular complexity index is 1530. The van der Waals surface area contributed by atoms with Crippen LogP contribution in [-0.4, -0.2) is 50.4 Å². The lowest BCUT2D eigenvalue weighted by Gasteiger charge is -2.30. The van der Waals surface area contributed by atoms with Gasteiger partial charge < -0.3 is 15.7 Å². The molecule has 0 bridgehead atoms. The molecule has 9 heteroatoms. The van der Waals surface area contributed by atoms with Gasteiger partial charge in [-0.1, -0.05) is 18.2 Å². The predicted octanol–water partition coefficient (Wildman–Crippen LogP) is 5.46. The van der Waals surface area contributed by atoms with Crippen LogP contribution in [0, 0.1) is 12.4 Å². The number of likely N-dealkylation sites (tertiary alicyclic amines) is 1. The number of carbonyl (C=O) groups is 1. The fourth-order valence-corrected chi connectivity index (χ4v) is 5.91. The first kappa shape index (κ1) is 25.1. The molecular formula is C28H28FN5O2S. The van der Waals surface area contributed by atoms with Crippen LogP contribution in [-0.2, 0) is 6.54 Å². The van der Waals surface area contributed by atoms with Gasteiger partial charge in [0, 0.05) is 35.0 Å². The molecule has 3 heterocycles. The third-order valence-electron chi connectivity index (χ3n) is 6.51. The van der Waals surface area contributed by atoms with E-state index >= 15 is 0 Å². The number of rotatable bonds is 5. The first-order chi connectivity index (χ1) is 17.6. The van der Waals surface area contributed by atoms with E-state index in [9.17, 15) is 14.3 Å². The average Bonchev–Trinajstić information content (AvgIpc) is 3.47. The van der Waals surface area contributed by atoms with Gasteiger partial charge in [-0.15, -0.1) is 11.3 Å². The highest BCUT2D eigenvalue weighted by Gasteiger charge is 2.26. The number of hydrogen-bond donors (Lipinski definition) is 2. The molecule has 1 fully saturated rings. The maximum absolute atomic E-state index is 14.6. The van der Waals surface area contributed by atoms with Crippen molar-refractivity contribution in [3.05, 3.63) is 70.8 Å². The van der Waals surface area contributed by atoms with Crippen LogP contribution in [0.5, 0.6) is 0 Å². The van der Waals surface area contributed by atoms with E-state index in [1.54, 1.807) is 35.7 Å². The minimum atomic E-state index is -0.910. The lowest BCUT2D eigenvalue weighted by Crippen LogP contribution is -2.45. The van der Waals surface area contributed by atoms with Crippen molar-refractivity contribution < 1.29 is 14.3 Å². The highest BCUT2D eigenvalue weighted by molar-refractivity contribution is 7.18. The topological polar surface area (TPSA) is 88.7 Å². The van der Waals surface area contributed by atoms with Crippen molar-refractivity contribution in [2.24, 2.45) is 5.73 Å². The summed E-state index contributed by atoms with van der Waals surface area (Å²) in [7, 11) is 0. The number of piperidine rings is 1. The van der Waals surface area contributed by atoms with E-state index in [4.69, 9.17) is 12.3 Å². The lowest BCUT2D eigenvalue weighted by molar-refractivity contribution is 0.0591. The summed E-state index contributed by atoms with van der Waals surface area (Å²) in [6.45, 7) is 12.2. The van der Waals surface area contributed by atoms with E-state index in [0.29, 0.717) is 30.1 Å². The summed E-state index contributed by atoms with van der Waals surface area (Å²) < 4.78 is 16.4. The molecule has 4 aromatic rings. The molecule has 37 heavy (non-hydrogen) atoms. The number of hydrogen-bond acceptors (Lipinski definition) is 5. The summed E-state index contributed by atoms with van der Waals surface area (Å²) in [4.78, 5) is 19.8. The van der Waals surface area contributed by atoms with Crippen molar-refractivity contribution in [3.8, 4) is 21.6 Å². The number of fused-ring (bicyclic) bond motifs is 1. The molecule has 190 valence electrons. The Morgan fingerprint density at radius 1 is 1.27 bits per heavy atom. The molecule has 0 aliphatic carbocycles. The molecule has 1 saturated heterocycles. The van der Waals surface area contributed by atoms with Crippen molar-refractivity contribution >= 4 is 33.8 Å². The average molecular weight is 518 g/mol. The zero-order valence-electron chi connectivity index (χ0n) is 20.7. The van der Waals surface area contributed by atoms with Gasteiger partial charge in [-0.2, -0.15) is 5.10 Å². The first-order valence-corrected chi connectivity index (χ1v) is 13.0. The molecule has 7 nitrogen and oxygen atoms in total. The highest BCUT2D eigenvalue weighted by Crippen LogP contribution is 2.42. The molecule has 1 atom stereocenters. The third-order valence-corrected chi connectivity index (χ3v) is 7.68. The molecule has 2 aromatic heterocycles. The van der Waals surface area contributed by atoms with Crippen molar-refractivity contribution in [2.75, 3.05) is 13.1 Å². The van der Waals surface area contributed by atoms with Gasteiger partial charge in [0.25, 0.3) is 5.91 Å². The van der Waals surface area contributed by atoms with Crippen LogP contribution in [0.1, 0.15) is 36.4 Å². The molecule has 5 rings (SSSR count). The Balaban J connectivity index is 1.60. The molecule has 0 spiro atoms. The number of amides is 1. The molecule has 1 aliphatic rings. The molecule has 0 unspecified atom stereocenters. The Morgan fingerprint density at radius 2 is 2.05 bits per heavy atom. The fourth-order valence-electron chi connectivity index (χ4n) is 4.76. The normalized spacial score (nSPS) is 16.2. The number of benzene rings is 2. The molecule has 1 amide bonds. The van der Waals surface area contributed by atoms with Gasteiger partial charge in [0.2, 0.25) is 5.69 Å². The second kappa shape index (κ2) is 9.71. The zero-order valence-corrected chi connectivity index (χ0v) is 21.6. The number of aromatic nitrogens is 2. The zero-order chi connectivity index (χ0) is 26.3. The van der Waals surface area contributed by atoms with E-state index in [0.717, 1.165) is 39.7 Å². The van der Waals surface area contributed by atoms with Gasteiger partial charge in [0.1, 0.15) is 5.82 Å². The smallest absolute Gasteiger partial charge is 0.264 e. The summed E-state index contributed by atoms with van der Waals surface area (Å²) in [6.07, 6.45) is 3.52. The van der Waals surface area contributed by atoms with Gasteiger partial charge in [0.15, 0.2) is 0 Å². The summed E-state index contributed by atoms with van der Waals surface area (Å²) in [6, 6.07) is 12.2. The lowest BCUT2D eigenvalue weighted by atomic mass is 10.0. The van der Waals surface area contributed by atoms with Crippen LogP contribution in [0.3, 0.4) is 0 Å².